The fourth-order valence-electron chi connectivity index (χ4n) is 1.65. The van der Waals surface area contributed by atoms with Crippen molar-refractivity contribution < 1.29 is 4.79 Å². The number of thioether (sulfide) groups is 1. The van der Waals surface area contributed by atoms with Crippen molar-refractivity contribution in [3.63, 3.8) is 0 Å². The van der Waals surface area contributed by atoms with Gasteiger partial charge in [-0.15, -0.1) is 11.8 Å². The lowest BCUT2D eigenvalue weighted by Crippen LogP contribution is -2.04. The molecule has 0 saturated heterocycles. The Balaban J connectivity index is 2.09. The quantitative estimate of drug-likeness (QED) is 0.620. The van der Waals surface area contributed by atoms with E-state index in [0.29, 0.717) is 6.42 Å². The molecule has 3 heteroatoms. The van der Waals surface area contributed by atoms with Crippen LogP contribution in [0.5, 0.6) is 0 Å². The lowest BCUT2D eigenvalue weighted by molar-refractivity contribution is 0.0992. The molecule has 18 heavy (non-hydrogen) atoms. The van der Waals surface area contributed by atoms with Gasteiger partial charge in [-0.25, -0.2) is 0 Å². The number of carbonyl (C=O) groups is 1. The minimum absolute atomic E-state index is 0.110. The number of hydrogen-bond donors (Lipinski definition) is 0. The number of nitrogens with zero attached hydrogens (tertiary/aromatic N) is 1. The molecule has 2 rings (SSSR count). The second-order valence-electron chi connectivity index (χ2n) is 4.16. The van der Waals surface area contributed by atoms with Crippen molar-refractivity contribution in [3.05, 3.63) is 59.4 Å². The summed E-state index contributed by atoms with van der Waals surface area (Å²) < 4.78 is 0. The maximum absolute atomic E-state index is 12.1. The van der Waals surface area contributed by atoms with Crippen molar-refractivity contribution in [1.29, 1.82) is 0 Å². The molecule has 0 aliphatic carbocycles. The van der Waals surface area contributed by atoms with E-state index in [1.54, 1.807) is 18.0 Å². The number of aryl methyl sites for hydroxylation is 1. The van der Waals surface area contributed by atoms with E-state index >= 15 is 0 Å². The molecule has 1 aromatic heterocycles. The van der Waals surface area contributed by atoms with Gasteiger partial charge in [0.1, 0.15) is 0 Å². The second-order valence-corrected chi connectivity index (χ2v) is 5.03. The highest BCUT2D eigenvalue weighted by Crippen LogP contribution is 2.16. The summed E-state index contributed by atoms with van der Waals surface area (Å²) in [5, 5.41) is 0. The molecule has 2 aromatic rings. The summed E-state index contributed by atoms with van der Waals surface area (Å²) in [5.74, 6) is 0.110. The first-order valence-corrected chi connectivity index (χ1v) is 7.00. The number of carbonyl (C=O) groups excluding carboxylic acids is 1. The van der Waals surface area contributed by atoms with Crippen LogP contribution in [0, 0.1) is 6.92 Å². The molecule has 0 saturated carbocycles. The maximum atomic E-state index is 12.1. The summed E-state index contributed by atoms with van der Waals surface area (Å²) in [7, 11) is 0. The van der Waals surface area contributed by atoms with Crippen LogP contribution >= 0.6 is 11.8 Å². The van der Waals surface area contributed by atoms with E-state index in [9.17, 15) is 4.79 Å². The van der Waals surface area contributed by atoms with Crippen molar-refractivity contribution in [3.8, 4) is 0 Å². The summed E-state index contributed by atoms with van der Waals surface area (Å²) in [6.07, 6.45) is 4.17. The zero-order chi connectivity index (χ0) is 13.0. The van der Waals surface area contributed by atoms with E-state index in [4.69, 9.17) is 0 Å². The van der Waals surface area contributed by atoms with Crippen LogP contribution in [0.4, 0.5) is 0 Å². The largest absolute Gasteiger partial charge is 0.294 e. The number of benzene rings is 1. The van der Waals surface area contributed by atoms with Crippen LogP contribution in [0.2, 0.25) is 0 Å². The Hall–Kier alpha value is -1.61. The Morgan fingerprint density at radius 3 is 2.44 bits per heavy atom. The van der Waals surface area contributed by atoms with E-state index in [0.717, 1.165) is 16.8 Å². The molecule has 0 bridgehead atoms. The van der Waals surface area contributed by atoms with Gasteiger partial charge in [0.05, 0.1) is 6.42 Å². The minimum Gasteiger partial charge on any atom is -0.294 e. The average Bonchev–Trinajstić information content (AvgIpc) is 2.41. The molecule has 1 aromatic carbocycles. The van der Waals surface area contributed by atoms with Crippen molar-refractivity contribution >= 4 is 17.5 Å². The zero-order valence-electron chi connectivity index (χ0n) is 10.5. The molecule has 0 radical (unpaired) electrons. The van der Waals surface area contributed by atoms with Gasteiger partial charge in [-0.05, 0) is 36.9 Å². The topological polar surface area (TPSA) is 30.0 Å². The molecule has 0 N–H and O–H groups in total. The van der Waals surface area contributed by atoms with Crippen molar-refractivity contribution in [2.75, 3.05) is 6.26 Å². The standard InChI is InChI=1S/C15H15NOS/c1-11-3-6-13(16-10-11)9-15(17)12-4-7-14(18-2)8-5-12/h3-8,10H,9H2,1-2H3. The fraction of sp³-hybridized carbons (Fsp3) is 0.200. The third kappa shape index (κ3) is 3.20. The van der Waals surface area contributed by atoms with Crippen LogP contribution in [-0.4, -0.2) is 17.0 Å². The van der Waals surface area contributed by atoms with E-state index in [1.807, 2.05) is 49.6 Å². The maximum Gasteiger partial charge on any atom is 0.168 e. The molecule has 0 aliphatic heterocycles. The highest BCUT2D eigenvalue weighted by atomic mass is 32.2. The van der Waals surface area contributed by atoms with Crippen molar-refractivity contribution in [2.24, 2.45) is 0 Å². The van der Waals surface area contributed by atoms with Gasteiger partial charge in [-0.3, -0.25) is 9.78 Å². The Kier molecular flexibility index (Phi) is 4.15. The molecular formula is C15H15NOS. The average molecular weight is 257 g/mol. The molecule has 1 heterocycles. The van der Waals surface area contributed by atoms with Gasteiger partial charge in [0.15, 0.2) is 5.78 Å². The predicted molar refractivity (Wildman–Crippen MR) is 75.2 cm³/mol. The SMILES string of the molecule is CSc1ccc(C(=O)Cc2ccc(C)cn2)cc1. The molecule has 92 valence electrons. The second kappa shape index (κ2) is 5.83. The summed E-state index contributed by atoms with van der Waals surface area (Å²) in [6, 6.07) is 11.6. The number of ketones is 1. The Morgan fingerprint density at radius 2 is 1.89 bits per heavy atom. The van der Waals surface area contributed by atoms with Gasteiger partial charge in [-0.2, -0.15) is 0 Å². The smallest absolute Gasteiger partial charge is 0.168 e. The van der Waals surface area contributed by atoms with Gasteiger partial charge in [0.2, 0.25) is 0 Å². The van der Waals surface area contributed by atoms with Gasteiger partial charge in [0, 0.05) is 22.3 Å². The van der Waals surface area contributed by atoms with E-state index in [-0.39, 0.29) is 5.78 Å². The molecule has 2 nitrogen and oxygen atoms in total. The highest BCUT2D eigenvalue weighted by molar-refractivity contribution is 7.98. The number of aromatic nitrogens is 1. The number of pyridine rings is 1. The Bertz CT molecular complexity index is 531. The molecule has 0 spiro atoms. The van der Waals surface area contributed by atoms with Gasteiger partial charge < -0.3 is 0 Å². The Labute approximate surface area is 111 Å². The number of rotatable bonds is 4. The summed E-state index contributed by atoms with van der Waals surface area (Å²) in [4.78, 5) is 17.5. The highest BCUT2D eigenvalue weighted by Gasteiger charge is 2.07. The normalized spacial score (nSPS) is 10.3. The summed E-state index contributed by atoms with van der Waals surface area (Å²) in [6.45, 7) is 1.99. The van der Waals surface area contributed by atoms with Crippen LogP contribution in [-0.2, 0) is 6.42 Å². The third-order valence-corrected chi connectivity index (χ3v) is 3.47. The molecule has 0 atom stereocenters. The lowest BCUT2D eigenvalue weighted by atomic mass is 10.1. The first-order chi connectivity index (χ1) is 8.69. The number of Topliss-reactive ketones (excluding diaryl/α,β-unsaturated/α-hetero) is 1. The van der Waals surface area contributed by atoms with Crippen molar-refractivity contribution in [1.82, 2.24) is 4.98 Å². The fourth-order valence-corrected chi connectivity index (χ4v) is 2.05. The third-order valence-electron chi connectivity index (χ3n) is 2.73. The van der Waals surface area contributed by atoms with Crippen LogP contribution in [0.3, 0.4) is 0 Å². The first-order valence-electron chi connectivity index (χ1n) is 5.78. The van der Waals surface area contributed by atoms with Gasteiger partial charge >= 0.3 is 0 Å². The van der Waals surface area contributed by atoms with Crippen LogP contribution in [0.25, 0.3) is 0 Å². The molecule has 0 aliphatic rings. The van der Waals surface area contributed by atoms with Crippen molar-refractivity contribution in [2.45, 2.75) is 18.2 Å². The number of hydrogen-bond acceptors (Lipinski definition) is 3. The van der Waals surface area contributed by atoms with Gasteiger partial charge in [-0.1, -0.05) is 18.2 Å². The van der Waals surface area contributed by atoms with Crippen LogP contribution in [0.15, 0.2) is 47.5 Å². The summed E-state index contributed by atoms with van der Waals surface area (Å²) in [5.41, 5.74) is 2.67. The van der Waals surface area contributed by atoms with E-state index in [2.05, 4.69) is 4.98 Å². The van der Waals surface area contributed by atoms with Crippen LogP contribution < -0.4 is 0 Å². The van der Waals surface area contributed by atoms with Gasteiger partial charge in [0.25, 0.3) is 0 Å². The lowest BCUT2D eigenvalue weighted by Gasteiger charge is -2.02. The monoisotopic (exact) mass is 257 g/mol. The molecule has 0 fully saturated rings. The first kappa shape index (κ1) is 12.8. The molecular weight excluding hydrogens is 242 g/mol. The molecule has 0 amide bonds. The minimum atomic E-state index is 0.110. The van der Waals surface area contributed by atoms with Crippen LogP contribution in [0.1, 0.15) is 21.6 Å². The Morgan fingerprint density at radius 1 is 1.17 bits per heavy atom. The summed E-state index contributed by atoms with van der Waals surface area (Å²) >= 11 is 1.67. The van der Waals surface area contributed by atoms with E-state index < -0.39 is 0 Å². The molecule has 0 unspecified atom stereocenters. The predicted octanol–water partition coefficient (Wildman–Crippen LogP) is 3.54. The zero-order valence-corrected chi connectivity index (χ0v) is 11.3. The van der Waals surface area contributed by atoms with E-state index in [1.165, 1.54) is 4.90 Å².